The van der Waals surface area contributed by atoms with Crippen LogP contribution in [0.15, 0.2) is 42.9 Å². The predicted molar refractivity (Wildman–Crippen MR) is 88.5 cm³/mol. The number of ether oxygens (including phenoxy) is 1. The molecule has 0 radical (unpaired) electrons. The highest BCUT2D eigenvalue weighted by molar-refractivity contribution is 7.86. The molecule has 0 spiro atoms. The van der Waals surface area contributed by atoms with Crippen LogP contribution in [0.4, 0.5) is 0 Å². The molecule has 2 aliphatic rings. The molecule has 2 aromatic heterocycles. The van der Waals surface area contributed by atoms with Crippen LogP contribution in [0, 0.1) is 0 Å². The molecular formula is C16H20N4O3S. The highest BCUT2D eigenvalue weighted by atomic mass is 32.2. The fraction of sp³-hybridized carbons (Fsp3) is 0.438. The molecule has 0 aromatic carbocycles. The standard InChI is InChI=1S/C16H20N4O3S/c21-24(22,19-10-12-23-13-11-19)20-9-8-18-7-1-2-15(18)16(20)14-3-5-17-6-4-14/h1-7,16H,8-13H2. The molecule has 0 amide bonds. The highest BCUT2D eigenvalue weighted by Gasteiger charge is 2.40. The molecule has 2 aromatic rings. The van der Waals surface area contributed by atoms with Crippen LogP contribution in [0.2, 0.25) is 0 Å². The summed E-state index contributed by atoms with van der Waals surface area (Å²) in [4.78, 5) is 4.06. The summed E-state index contributed by atoms with van der Waals surface area (Å²) in [5.41, 5.74) is 1.92. The van der Waals surface area contributed by atoms with Crippen LogP contribution in [-0.4, -0.2) is 59.4 Å². The summed E-state index contributed by atoms with van der Waals surface area (Å²) in [7, 11) is -3.55. The Morgan fingerprint density at radius 2 is 1.79 bits per heavy atom. The molecule has 7 nitrogen and oxygen atoms in total. The van der Waals surface area contributed by atoms with E-state index in [9.17, 15) is 8.42 Å². The van der Waals surface area contributed by atoms with E-state index in [1.165, 1.54) is 4.31 Å². The molecule has 0 saturated carbocycles. The number of nitrogens with zero attached hydrogens (tertiary/aromatic N) is 4. The molecule has 128 valence electrons. The normalized spacial score (nSPS) is 23.1. The van der Waals surface area contributed by atoms with Crippen LogP contribution in [0.5, 0.6) is 0 Å². The van der Waals surface area contributed by atoms with E-state index in [0.717, 1.165) is 11.3 Å². The first-order valence-electron chi connectivity index (χ1n) is 8.07. The average molecular weight is 348 g/mol. The van der Waals surface area contributed by atoms with Gasteiger partial charge in [0.05, 0.1) is 19.3 Å². The van der Waals surface area contributed by atoms with Crippen molar-refractivity contribution in [3.8, 4) is 0 Å². The highest BCUT2D eigenvalue weighted by Crippen LogP contribution is 2.35. The number of morpholine rings is 1. The first kappa shape index (κ1) is 15.8. The first-order valence-corrected chi connectivity index (χ1v) is 9.47. The van der Waals surface area contributed by atoms with Gasteiger partial charge in [-0.25, -0.2) is 0 Å². The van der Waals surface area contributed by atoms with Crippen molar-refractivity contribution in [2.24, 2.45) is 0 Å². The van der Waals surface area contributed by atoms with Gasteiger partial charge in [-0.3, -0.25) is 4.98 Å². The van der Waals surface area contributed by atoms with Gasteiger partial charge in [0.1, 0.15) is 0 Å². The van der Waals surface area contributed by atoms with E-state index in [-0.39, 0.29) is 6.04 Å². The van der Waals surface area contributed by atoms with Crippen molar-refractivity contribution >= 4 is 10.2 Å². The maximum Gasteiger partial charge on any atom is 0.283 e. The molecule has 8 heteroatoms. The van der Waals surface area contributed by atoms with Crippen molar-refractivity contribution in [2.45, 2.75) is 12.6 Å². The van der Waals surface area contributed by atoms with Gasteiger partial charge < -0.3 is 9.30 Å². The van der Waals surface area contributed by atoms with Gasteiger partial charge in [0.2, 0.25) is 0 Å². The van der Waals surface area contributed by atoms with Gasteiger partial charge in [-0.2, -0.15) is 17.0 Å². The van der Waals surface area contributed by atoms with Gasteiger partial charge in [0.25, 0.3) is 10.2 Å². The van der Waals surface area contributed by atoms with Crippen molar-refractivity contribution in [2.75, 3.05) is 32.8 Å². The molecule has 4 heterocycles. The van der Waals surface area contributed by atoms with Crippen molar-refractivity contribution < 1.29 is 13.2 Å². The Hall–Kier alpha value is -1.74. The monoisotopic (exact) mass is 348 g/mol. The minimum atomic E-state index is -3.55. The lowest BCUT2D eigenvalue weighted by atomic mass is 10.0. The zero-order valence-corrected chi connectivity index (χ0v) is 14.1. The lowest BCUT2D eigenvalue weighted by Crippen LogP contribution is -2.52. The van der Waals surface area contributed by atoms with E-state index in [1.807, 2.05) is 30.5 Å². The summed E-state index contributed by atoms with van der Waals surface area (Å²) in [6.07, 6.45) is 5.41. The van der Waals surface area contributed by atoms with E-state index in [2.05, 4.69) is 9.55 Å². The largest absolute Gasteiger partial charge is 0.379 e. The molecule has 0 bridgehead atoms. The van der Waals surface area contributed by atoms with Crippen molar-refractivity contribution in [1.29, 1.82) is 0 Å². The summed E-state index contributed by atoms with van der Waals surface area (Å²) >= 11 is 0. The second kappa shape index (κ2) is 6.29. The Labute approximate surface area is 141 Å². The fourth-order valence-electron chi connectivity index (χ4n) is 3.42. The number of rotatable bonds is 3. The molecule has 2 aliphatic heterocycles. The van der Waals surface area contributed by atoms with Gasteiger partial charge in [-0.1, -0.05) is 0 Å². The van der Waals surface area contributed by atoms with Crippen LogP contribution in [-0.2, 0) is 21.5 Å². The van der Waals surface area contributed by atoms with Crippen molar-refractivity contribution in [3.63, 3.8) is 0 Å². The van der Waals surface area contributed by atoms with E-state index in [0.29, 0.717) is 39.4 Å². The van der Waals surface area contributed by atoms with Crippen LogP contribution in [0.25, 0.3) is 0 Å². The Morgan fingerprint density at radius 3 is 2.54 bits per heavy atom. The lowest BCUT2D eigenvalue weighted by molar-refractivity contribution is 0.0689. The third-order valence-electron chi connectivity index (χ3n) is 4.61. The minimum absolute atomic E-state index is 0.329. The Morgan fingerprint density at radius 1 is 1.04 bits per heavy atom. The molecule has 4 rings (SSSR count). The summed E-state index contributed by atoms with van der Waals surface area (Å²) in [6.45, 7) is 2.82. The average Bonchev–Trinajstić information content (AvgIpc) is 3.11. The molecule has 0 aliphatic carbocycles. The molecule has 24 heavy (non-hydrogen) atoms. The lowest BCUT2D eigenvalue weighted by Gasteiger charge is -2.39. The third kappa shape index (κ3) is 2.65. The number of hydrogen-bond donors (Lipinski definition) is 0. The van der Waals surface area contributed by atoms with Gasteiger partial charge >= 0.3 is 0 Å². The summed E-state index contributed by atoms with van der Waals surface area (Å²) in [5, 5.41) is 0. The minimum Gasteiger partial charge on any atom is -0.379 e. The van der Waals surface area contributed by atoms with E-state index >= 15 is 0 Å². The fourth-order valence-corrected chi connectivity index (χ4v) is 5.13. The van der Waals surface area contributed by atoms with Crippen LogP contribution < -0.4 is 0 Å². The Balaban J connectivity index is 1.76. The number of hydrogen-bond acceptors (Lipinski definition) is 4. The van der Waals surface area contributed by atoms with Gasteiger partial charge in [-0.15, -0.1) is 0 Å². The third-order valence-corrected chi connectivity index (χ3v) is 6.61. The smallest absolute Gasteiger partial charge is 0.283 e. The summed E-state index contributed by atoms with van der Waals surface area (Å²) in [5.74, 6) is 0. The van der Waals surface area contributed by atoms with Crippen molar-refractivity contribution in [3.05, 3.63) is 54.1 Å². The van der Waals surface area contributed by atoms with Gasteiger partial charge in [0, 0.05) is 50.5 Å². The SMILES string of the molecule is O=S(=O)(N1CCOCC1)N1CCn2cccc2C1c1ccncc1. The Kier molecular flexibility index (Phi) is 4.13. The van der Waals surface area contributed by atoms with Crippen LogP contribution in [0.1, 0.15) is 17.3 Å². The number of fused-ring (bicyclic) bond motifs is 1. The number of aromatic nitrogens is 2. The summed E-state index contributed by atoms with van der Waals surface area (Å²) in [6, 6.07) is 7.40. The maximum atomic E-state index is 13.2. The quantitative estimate of drug-likeness (QED) is 0.825. The van der Waals surface area contributed by atoms with E-state index in [4.69, 9.17) is 4.74 Å². The zero-order chi connectivity index (χ0) is 16.6. The first-order chi connectivity index (χ1) is 11.7. The van der Waals surface area contributed by atoms with Crippen molar-refractivity contribution in [1.82, 2.24) is 18.2 Å². The topological polar surface area (TPSA) is 67.7 Å². The molecule has 0 N–H and O–H groups in total. The second-order valence-corrected chi connectivity index (χ2v) is 7.82. The predicted octanol–water partition coefficient (Wildman–Crippen LogP) is 0.865. The Bertz CT molecular complexity index is 800. The molecule has 1 saturated heterocycles. The van der Waals surface area contributed by atoms with E-state index < -0.39 is 10.2 Å². The molecule has 1 atom stereocenters. The molecular weight excluding hydrogens is 328 g/mol. The number of pyridine rings is 1. The van der Waals surface area contributed by atoms with E-state index in [1.54, 1.807) is 16.7 Å². The van der Waals surface area contributed by atoms with Crippen LogP contribution >= 0.6 is 0 Å². The summed E-state index contributed by atoms with van der Waals surface area (Å²) < 4.78 is 37.0. The molecule has 1 fully saturated rings. The zero-order valence-electron chi connectivity index (χ0n) is 13.3. The van der Waals surface area contributed by atoms with Gasteiger partial charge in [0.15, 0.2) is 0 Å². The van der Waals surface area contributed by atoms with Crippen LogP contribution in [0.3, 0.4) is 0 Å². The van der Waals surface area contributed by atoms with Gasteiger partial charge in [-0.05, 0) is 29.8 Å². The maximum absolute atomic E-state index is 13.2. The second-order valence-electron chi connectivity index (χ2n) is 5.94. The molecule has 1 unspecified atom stereocenters.